The fourth-order valence-electron chi connectivity index (χ4n) is 1.78. The molecule has 52 valence electrons. The third kappa shape index (κ3) is 0.864. The van der Waals surface area contributed by atoms with Crippen LogP contribution < -0.4 is 10.6 Å². The minimum absolute atomic E-state index is 0.0116. The van der Waals surface area contributed by atoms with Gasteiger partial charge in [-0.1, -0.05) is 0 Å². The maximum absolute atomic E-state index is 7.73. The van der Waals surface area contributed by atoms with E-state index in [0.717, 1.165) is 19.6 Å². The molecule has 2 aliphatic heterocycles. The van der Waals surface area contributed by atoms with E-state index < -0.39 is 0 Å². The van der Waals surface area contributed by atoms with Gasteiger partial charge in [0.15, 0.2) is 0 Å². The molecule has 0 aromatic heterocycles. The Labute approximate surface area is 57.4 Å². The van der Waals surface area contributed by atoms with Crippen molar-refractivity contribution < 1.29 is 1.37 Å². The monoisotopic (exact) mass is 127 g/mol. The van der Waals surface area contributed by atoms with Crippen molar-refractivity contribution >= 4 is 0 Å². The van der Waals surface area contributed by atoms with E-state index in [4.69, 9.17) is 1.37 Å². The summed E-state index contributed by atoms with van der Waals surface area (Å²) in [5.74, 6) is 0. The predicted molar refractivity (Wildman–Crippen MR) is 37.4 cm³/mol. The number of rotatable bonds is 0. The summed E-state index contributed by atoms with van der Waals surface area (Å²) in [6.45, 7) is 3.18. The zero-order valence-corrected chi connectivity index (χ0v) is 5.61. The van der Waals surface area contributed by atoms with Crippen molar-refractivity contribution in [2.24, 2.45) is 5.41 Å². The van der Waals surface area contributed by atoms with E-state index in [1.54, 1.807) is 0 Å². The minimum Gasteiger partial charge on any atom is -0.316 e. The summed E-state index contributed by atoms with van der Waals surface area (Å²) < 4.78 is 7.73. The van der Waals surface area contributed by atoms with Gasteiger partial charge < -0.3 is 10.6 Å². The lowest BCUT2D eigenvalue weighted by atomic mass is 9.87. The first kappa shape index (κ1) is 4.69. The SMILES string of the molecule is [2H]C1NCCC12CCNC2. The fraction of sp³-hybridized carbons (Fsp3) is 1.00. The third-order valence-corrected chi connectivity index (χ3v) is 2.45. The molecule has 0 aromatic carbocycles. The quantitative estimate of drug-likeness (QED) is 0.477. The fourth-order valence-corrected chi connectivity index (χ4v) is 1.78. The van der Waals surface area contributed by atoms with Crippen LogP contribution in [-0.4, -0.2) is 26.2 Å². The molecule has 0 bridgehead atoms. The highest BCUT2D eigenvalue weighted by Gasteiger charge is 2.35. The maximum atomic E-state index is 7.73. The molecular formula is C7H14N2. The summed E-state index contributed by atoms with van der Waals surface area (Å²) in [6.07, 6.45) is 2.38. The van der Waals surface area contributed by atoms with Crippen LogP contribution >= 0.6 is 0 Å². The molecule has 2 saturated heterocycles. The average molecular weight is 127 g/mol. The normalized spacial score (nSPS) is 52.4. The van der Waals surface area contributed by atoms with Crippen molar-refractivity contribution in [3.05, 3.63) is 0 Å². The van der Waals surface area contributed by atoms with Crippen LogP contribution in [0.15, 0.2) is 0 Å². The first-order valence-corrected chi connectivity index (χ1v) is 3.70. The van der Waals surface area contributed by atoms with Crippen LogP contribution in [0.1, 0.15) is 14.2 Å². The molecule has 2 heterocycles. The van der Waals surface area contributed by atoms with Crippen molar-refractivity contribution in [3.63, 3.8) is 0 Å². The van der Waals surface area contributed by atoms with Gasteiger partial charge in [0.2, 0.25) is 0 Å². The van der Waals surface area contributed by atoms with Gasteiger partial charge in [0.05, 0.1) is 0 Å². The lowest BCUT2D eigenvalue weighted by Crippen LogP contribution is -2.26. The van der Waals surface area contributed by atoms with Gasteiger partial charge in [-0.25, -0.2) is 0 Å². The Bertz CT molecular complexity index is 126. The molecule has 0 aromatic rings. The topological polar surface area (TPSA) is 24.1 Å². The Morgan fingerprint density at radius 2 is 2.00 bits per heavy atom. The van der Waals surface area contributed by atoms with Crippen molar-refractivity contribution in [3.8, 4) is 0 Å². The average Bonchev–Trinajstić information content (AvgIpc) is 2.48. The van der Waals surface area contributed by atoms with E-state index >= 15 is 0 Å². The van der Waals surface area contributed by atoms with E-state index in [1.165, 1.54) is 12.8 Å². The van der Waals surface area contributed by atoms with E-state index in [9.17, 15) is 0 Å². The predicted octanol–water partition coefficient (Wildman–Crippen LogP) is -0.0406. The summed E-state index contributed by atoms with van der Waals surface area (Å²) in [5.41, 5.74) is 0.292. The van der Waals surface area contributed by atoms with E-state index in [2.05, 4.69) is 10.6 Å². The zero-order chi connectivity index (χ0) is 7.03. The van der Waals surface area contributed by atoms with Crippen molar-refractivity contribution in [1.29, 1.82) is 0 Å². The summed E-state index contributed by atoms with van der Waals surface area (Å²) in [4.78, 5) is 0. The number of nitrogens with one attached hydrogen (secondary N) is 2. The summed E-state index contributed by atoms with van der Waals surface area (Å²) in [6, 6.07) is 0. The largest absolute Gasteiger partial charge is 0.316 e. The standard InChI is InChI=1S/C7H14N2/c1-3-8-5-7(1)2-4-9-6-7/h8-9H,1-6H2/i5D. The van der Waals surface area contributed by atoms with Gasteiger partial charge in [0.25, 0.3) is 0 Å². The van der Waals surface area contributed by atoms with Crippen LogP contribution in [0.3, 0.4) is 0 Å². The molecule has 2 fully saturated rings. The van der Waals surface area contributed by atoms with Crippen molar-refractivity contribution in [2.45, 2.75) is 12.8 Å². The van der Waals surface area contributed by atoms with Gasteiger partial charge in [-0.05, 0) is 31.3 Å². The summed E-state index contributed by atoms with van der Waals surface area (Å²) >= 11 is 0. The molecule has 1 spiro atoms. The Kier molecular flexibility index (Phi) is 1.02. The molecule has 2 N–H and O–H groups in total. The maximum Gasteiger partial charge on any atom is 0.0434 e. The van der Waals surface area contributed by atoms with Gasteiger partial charge in [0, 0.05) is 14.4 Å². The molecule has 2 atom stereocenters. The molecule has 2 heteroatoms. The van der Waals surface area contributed by atoms with E-state index in [1.807, 2.05) is 0 Å². The molecule has 0 radical (unpaired) electrons. The highest BCUT2D eigenvalue weighted by Crippen LogP contribution is 2.31. The molecule has 2 nitrogen and oxygen atoms in total. The zero-order valence-electron chi connectivity index (χ0n) is 6.61. The Morgan fingerprint density at radius 1 is 1.22 bits per heavy atom. The highest BCUT2D eigenvalue weighted by atomic mass is 15.0. The third-order valence-electron chi connectivity index (χ3n) is 2.45. The molecule has 0 aliphatic carbocycles. The van der Waals surface area contributed by atoms with Crippen LogP contribution in [0.5, 0.6) is 0 Å². The smallest absolute Gasteiger partial charge is 0.0434 e. The van der Waals surface area contributed by atoms with Gasteiger partial charge in [0.1, 0.15) is 0 Å². The Morgan fingerprint density at radius 3 is 2.56 bits per heavy atom. The van der Waals surface area contributed by atoms with Gasteiger partial charge in [-0.2, -0.15) is 0 Å². The van der Waals surface area contributed by atoms with Crippen LogP contribution in [-0.2, 0) is 0 Å². The second-order valence-corrected chi connectivity index (χ2v) is 3.14. The van der Waals surface area contributed by atoms with E-state index in [0.29, 0.717) is 5.41 Å². The first-order chi connectivity index (χ1) is 4.83. The van der Waals surface area contributed by atoms with Crippen LogP contribution in [0.4, 0.5) is 0 Å². The minimum atomic E-state index is -0.0116. The first-order valence-electron chi connectivity index (χ1n) is 4.28. The molecule has 0 amide bonds. The van der Waals surface area contributed by atoms with Crippen molar-refractivity contribution in [2.75, 3.05) is 26.2 Å². The van der Waals surface area contributed by atoms with Crippen LogP contribution in [0.25, 0.3) is 0 Å². The van der Waals surface area contributed by atoms with Gasteiger partial charge in [-0.15, -0.1) is 0 Å². The molecular weight excluding hydrogens is 112 g/mol. The molecule has 2 unspecified atom stereocenters. The van der Waals surface area contributed by atoms with Gasteiger partial charge in [-0.3, -0.25) is 0 Å². The lowest BCUT2D eigenvalue weighted by molar-refractivity contribution is 0.365. The van der Waals surface area contributed by atoms with E-state index in [-0.39, 0.29) is 6.52 Å². The van der Waals surface area contributed by atoms with Crippen molar-refractivity contribution in [1.82, 2.24) is 10.6 Å². The van der Waals surface area contributed by atoms with Crippen LogP contribution in [0.2, 0.25) is 0 Å². The van der Waals surface area contributed by atoms with Crippen LogP contribution in [0, 0.1) is 5.41 Å². The Hall–Kier alpha value is -0.0800. The summed E-state index contributed by atoms with van der Waals surface area (Å²) in [5, 5.41) is 6.50. The second kappa shape index (κ2) is 1.96. The number of hydrogen-bond donors (Lipinski definition) is 2. The summed E-state index contributed by atoms with van der Waals surface area (Å²) in [7, 11) is 0. The molecule has 0 saturated carbocycles. The lowest BCUT2D eigenvalue weighted by Gasteiger charge is -2.18. The number of hydrogen-bond acceptors (Lipinski definition) is 2. The molecule has 2 aliphatic rings. The molecule has 2 rings (SSSR count). The highest BCUT2D eigenvalue weighted by molar-refractivity contribution is 4.93. The van der Waals surface area contributed by atoms with Gasteiger partial charge >= 0.3 is 0 Å². The second-order valence-electron chi connectivity index (χ2n) is 3.14. The Balaban J connectivity index is 2.11. The molecule has 9 heavy (non-hydrogen) atoms.